The van der Waals surface area contributed by atoms with Gasteiger partial charge in [0.1, 0.15) is 0 Å². The Morgan fingerprint density at radius 3 is 3.00 bits per heavy atom. The van der Waals surface area contributed by atoms with E-state index in [9.17, 15) is 9.50 Å². The summed E-state index contributed by atoms with van der Waals surface area (Å²) in [6.45, 7) is 0.117. The molecule has 1 aromatic heterocycles. The van der Waals surface area contributed by atoms with Gasteiger partial charge in [-0.2, -0.15) is 4.39 Å². The van der Waals surface area contributed by atoms with Crippen molar-refractivity contribution in [2.75, 3.05) is 6.54 Å². The molecule has 72 valence electrons. The largest absolute Gasteiger partial charge is 0.391 e. The lowest BCUT2D eigenvalue weighted by Crippen LogP contribution is -2.22. The molecule has 0 bridgehead atoms. The molecule has 0 saturated heterocycles. The molecule has 1 atom stereocenters. The van der Waals surface area contributed by atoms with Crippen molar-refractivity contribution in [3.05, 3.63) is 28.2 Å². The summed E-state index contributed by atoms with van der Waals surface area (Å²) < 4.78 is 13.7. The van der Waals surface area contributed by atoms with Crippen LogP contribution < -0.4 is 5.73 Å². The molecule has 0 spiro atoms. The molecule has 0 amide bonds. The van der Waals surface area contributed by atoms with Crippen LogP contribution in [0.4, 0.5) is 4.39 Å². The van der Waals surface area contributed by atoms with Gasteiger partial charge in [-0.05, 0) is 22.0 Å². The van der Waals surface area contributed by atoms with Crippen LogP contribution in [0.25, 0.3) is 0 Å². The second-order valence-electron chi connectivity index (χ2n) is 2.70. The first kappa shape index (κ1) is 10.6. The van der Waals surface area contributed by atoms with E-state index >= 15 is 0 Å². The van der Waals surface area contributed by atoms with Gasteiger partial charge >= 0.3 is 0 Å². The molecule has 1 heterocycles. The molecule has 0 fully saturated rings. The van der Waals surface area contributed by atoms with Crippen LogP contribution in [0, 0.1) is 5.95 Å². The van der Waals surface area contributed by atoms with E-state index in [0.717, 1.165) is 0 Å². The SMILES string of the molecule is NCC(O)Cc1cc(Br)cnc1F. The van der Waals surface area contributed by atoms with Crippen molar-refractivity contribution in [3.8, 4) is 0 Å². The lowest BCUT2D eigenvalue weighted by Gasteiger charge is -2.07. The van der Waals surface area contributed by atoms with E-state index in [1.165, 1.54) is 6.20 Å². The van der Waals surface area contributed by atoms with Gasteiger partial charge in [0.2, 0.25) is 5.95 Å². The van der Waals surface area contributed by atoms with E-state index in [-0.39, 0.29) is 13.0 Å². The van der Waals surface area contributed by atoms with E-state index in [1.54, 1.807) is 6.07 Å². The maximum Gasteiger partial charge on any atom is 0.216 e. The van der Waals surface area contributed by atoms with Crippen LogP contribution in [0.15, 0.2) is 16.7 Å². The van der Waals surface area contributed by atoms with Crippen molar-refractivity contribution in [1.29, 1.82) is 0 Å². The molecule has 1 rings (SSSR count). The van der Waals surface area contributed by atoms with Crippen molar-refractivity contribution in [2.24, 2.45) is 5.73 Å². The first-order valence-corrected chi connectivity index (χ1v) is 4.61. The standard InChI is InChI=1S/C8H10BrFN2O/c9-6-1-5(2-7(13)3-11)8(10)12-4-6/h1,4,7,13H,2-3,11H2. The third-order valence-electron chi connectivity index (χ3n) is 1.61. The zero-order valence-corrected chi connectivity index (χ0v) is 8.46. The summed E-state index contributed by atoms with van der Waals surface area (Å²) in [6, 6.07) is 1.58. The van der Waals surface area contributed by atoms with Gasteiger partial charge < -0.3 is 10.8 Å². The number of hydrogen-bond acceptors (Lipinski definition) is 3. The van der Waals surface area contributed by atoms with E-state index < -0.39 is 12.1 Å². The lowest BCUT2D eigenvalue weighted by molar-refractivity contribution is 0.181. The Hall–Kier alpha value is -0.520. The number of nitrogens with zero attached hydrogens (tertiary/aromatic N) is 1. The highest BCUT2D eigenvalue weighted by molar-refractivity contribution is 9.10. The molecular formula is C8H10BrFN2O. The number of aromatic nitrogens is 1. The summed E-state index contributed by atoms with van der Waals surface area (Å²) in [5, 5.41) is 9.19. The van der Waals surface area contributed by atoms with E-state index in [4.69, 9.17) is 5.73 Å². The molecule has 13 heavy (non-hydrogen) atoms. The fourth-order valence-electron chi connectivity index (χ4n) is 0.945. The maximum absolute atomic E-state index is 13.0. The van der Waals surface area contributed by atoms with Gasteiger partial charge in [-0.15, -0.1) is 0 Å². The van der Waals surface area contributed by atoms with E-state index in [2.05, 4.69) is 20.9 Å². The monoisotopic (exact) mass is 248 g/mol. The molecule has 3 nitrogen and oxygen atoms in total. The molecule has 0 aliphatic heterocycles. The summed E-state index contributed by atoms with van der Waals surface area (Å²) in [5.74, 6) is -0.560. The number of halogens is 2. The second kappa shape index (κ2) is 4.64. The summed E-state index contributed by atoms with van der Waals surface area (Å²) in [4.78, 5) is 3.50. The van der Waals surface area contributed by atoms with Gasteiger partial charge in [0.25, 0.3) is 0 Å². The van der Waals surface area contributed by atoms with Crippen LogP contribution in [0.2, 0.25) is 0 Å². The molecule has 0 saturated carbocycles. The highest BCUT2D eigenvalue weighted by Gasteiger charge is 2.09. The minimum atomic E-state index is -0.717. The molecule has 1 unspecified atom stereocenters. The maximum atomic E-state index is 13.0. The fraction of sp³-hybridized carbons (Fsp3) is 0.375. The van der Waals surface area contributed by atoms with Gasteiger partial charge in [0.15, 0.2) is 0 Å². The normalized spacial score (nSPS) is 12.9. The van der Waals surface area contributed by atoms with E-state index in [1.807, 2.05) is 0 Å². The molecular weight excluding hydrogens is 239 g/mol. The predicted molar refractivity (Wildman–Crippen MR) is 50.7 cm³/mol. The number of pyridine rings is 1. The molecule has 0 radical (unpaired) electrons. The first-order valence-electron chi connectivity index (χ1n) is 3.81. The summed E-state index contributed by atoms with van der Waals surface area (Å²) >= 11 is 3.17. The van der Waals surface area contributed by atoms with Crippen molar-refractivity contribution < 1.29 is 9.50 Å². The number of aliphatic hydroxyl groups excluding tert-OH is 1. The molecule has 0 aliphatic rings. The molecule has 3 N–H and O–H groups in total. The number of nitrogens with two attached hydrogens (primary N) is 1. The predicted octanol–water partition coefficient (Wildman–Crippen LogP) is 0.845. The molecule has 0 aromatic carbocycles. The van der Waals surface area contributed by atoms with Gasteiger partial charge in [-0.25, -0.2) is 4.98 Å². The third-order valence-corrected chi connectivity index (χ3v) is 2.04. The van der Waals surface area contributed by atoms with E-state index in [0.29, 0.717) is 10.0 Å². The van der Waals surface area contributed by atoms with Crippen LogP contribution in [0.5, 0.6) is 0 Å². The van der Waals surface area contributed by atoms with Crippen LogP contribution in [0.1, 0.15) is 5.56 Å². The fourth-order valence-corrected chi connectivity index (χ4v) is 1.32. The minimum Gasteiger partial charge on any atom is -0.391 e. The Morgan fingerprint density at radius 1 is 1.69 bits per heavy atom. The first-order chi connectivity index (χ1) is 6.13. The number of aliphatic hydroxyl groups is 1. The molecule has 0 aliphatic carbocycles. The van der Waals surface area contributed by atoms with Gasteiger partial charge in [-0.1, -0.05) is 0 Å². The third kappa shape index (κ3) is 3.02. The van der Waals surface area contributed by atoms with Crippen LogP contribution in [-0.4, -0.2) is 22.7 Å². The Balaban J connectivity index is 2.81. The van der Waals surface area contributed by atoms with Crippen LogP contribution in [0.3, 0.4) is 0 Å². The van der Waals surface area contributed by atoms with Gasteiger partial charge in [-0.3, -0.25) is 0 Å². The van der Waals surface area contributed by atoms with Crippen molar-refractivity contribution in [3.63, 3.8) is 0 Å². The van der Waals surface area contributed by atoms with Crippen molar-refractivity contribution in [1.82, 2.24) is 4.98 Å². The summed E-state index contributed by atoms with van der Waals surface area (Å²) in [7, 11) is 0. The summed E-state index contributed by atoms with van der Waals surface area (Å²) in [5.41, 5.74) is 5.57. The molecule has 1 aromatic rings. The zero-order valence-electron chi connectivity index (χ0n) is 6.87. The average Bonchev–Trinajstić information content (AvgIpc) is 2.11. The Morgan fingerprint density at radius 2 is 2.38 bits per heavy atom. The molecule has 5 heteroatoms. The Labute approximate surface area is 83.9 Å². The second-order valence-corrected chi connectivity index (χ2v) is 3.61. The highest BCUT2D eigenvalue weighted by Crippen LogP contribution is 2.14. The smallest absolute Gasteiger partial charge is 0.216 e. The lowest BCUT2D eigenvalue weighted by atomic mass is 10.1. The topological polar surface area (TPSA) is 59.1 Å². The van der Waals surface area contributed by atoms with Gasteiger partial charge in [0.05, 0.1) is 6.10 Å². The van der Waals surface area contributed by atoms with Crippen molar-refractivity contribution >= 4 is 15.9 Å². The Kier molecular flexibility index (Phi) is 3.77. The Bertz CT molecular complexity index is 295. The number of rotatable bonds is 3. The van der Waals surface area contributed by atoms with Crippen molar-refractivity contribution in [2.45, 2.75) is 12.5 Å². The zero-order chi connectivity index (χ0) is 9.84. The quantitative estimate of drug-likeness (QED) is 0.780. The van der Waals surface area contributed by atoms with Crippen LogP contribution in [-0.2, 0) is 6.42 Å². The minimum absolute atomic E-state index is 0.117. The average molecular weight is 249 g/mol. The highest BCUT2D eigenvalue weighted by atomic mass is 79.9. The number of hydrogen-bond donors (Lipinski definition) is 2. The summed E-state index contributed by atoms with van der Waals surface area (Å²) in [6.07, 6.45) is 0.841. The van der Waals surface area contributed by atoms with Crippen LogP contribution >= 0.6 is 15.9 Å². The van der Waals surface area contributed by atoms with Gasteiger partial charge in [0, 0.05) is 29.2 Å².